The van der Waals surface area contributed by atoms with Crippen LogP contribution in [0.2, 0.25) is 0 Å². The summed E-state index contributed by atoms with van der Waals surface area (Å²) in [7, 11) is 0. The Hall–Kier alpha value is -1.84. The van der Waals surface area contributed by atoms with E-state index in [1.807, 2.05) is 0 Å². The molecule has 1 aromatic rings. The summed E-state index contributed by atoms with van der Waals surface area (Å²) in [6.45, 7) is 9.37. The number of benzene rings is 1. The predicted molar refractivity (Wildman–Crippen MR) is 74.6 cm³/mol. The van der Waals surface area contributed by atoms with Crippen molar-refractivity contribution in [2.75, 3.05) is 0 Å². The maximum atomic E-state index is 12.9. The number of rotatable bonds is 2. The molecule has 4 heteroatoms. The van der Waals surface area contributed by atoms with Crippen molar-refractivity contribution in [1.29, 1.82) is 0 Å². The summed E-state index contributed by atoms with van der Waals surface area (Å²) in [5.74, 6) is -2.13. The van der Waals surface area contributed by atoms with Gasteiger partial charge in [-0.05, 0) is 44.9 Å². The highest BCUT2D eigenvalue weighted by Gasteiger charge is 2.05. The summed E-state index contributed by atoms with van der Waals surface area (Å²) >= 11 is 0. The van der Waals surface area contributed by atoms with Crippen molar-refractivity contribution in [1.82, 2.24) is 0 Å². The van der Waals surface area contributed by atoms with Crippen LogP contribution in [0, 0.1) is 18.6 Å². The van der Waals surface area contributed by atoms with Crippen molar-refractivity contribution in [3.8, 4) is 0 Å². The molecule has 0 aliphatic heterocycles. The molecule has 1 rings (SSSR count). The highest BCUT2D eigenvalue weighted by molar-refractivity contribution is 5.34. The summed E-state index contributed by atoms with van der Waals surface area (Å²) < 4.78 is 50.0. The summed E-state index contributed by atoms with van der Waals surface area (Å²) in [6, 6.07) is 3.51. The molecule has 0 aromatic heterocycles. The van der Waals surface area contributed by atoms with E-state index in [4.69, 9.17) is 0 Å². The van der Waals surface area contributed by atoms with Crippen molar-refractivity contribution in [2.45, 2.75) is 27.7 Å². The van der Waals surface area contributed by atoms with Crippen molar-refractivity contribution in [3.05, 3.63) is 70.9 Å². The average molecular weight is 286 g/mol. The molecule has 0 saturated heterocycles. The van der Waals surface area contributed by atoms with E-state index in [9.17, 15) is 17.6 Å². The average Bonchev–Trinajstić information content (AvgIpc) is 2.41. The number of aryl methyl sites for hydroxylation is 1. The summed E-state index contributed by atoms with van der Waals surface area (Å²) in [6.07, 6.45) is 1.22. The zero-order valence-corrected chi connectivity index (χ0v) is 12.0. The van der Waals surface area contributed by atoms with E-state index in [1.165, 1.54) is 39.0 Å². The smallest absolute Gasteiger partial charge is 0.131 e. The van der Waals surface area contributed by atoms with Crippen LogP contribution in [0.1, 0.15) is 26.3 Å². The van der Waals surface area contributed by atoms with Crippen molar-refractivity contribution < 1.29 is 17.6 Å². The van der Waals surface area contributed by atoms with Gasteiger partial charge < -0.3 is 0 Å². The van der Waals surface area contributed by atoms with Gasteiger partial charge in [-0.1, -0.05) is 18.7 Å². The van der Waals surface area contributed by atoms with E-state index in [2.05, 4.69) is 6.58 Å². The minimum atomic E-state index is -0.569. The Morgan fingerprint density at radius 2 is 1.70 bits per heavy atom. The van der Waals surface area contributed by atoms with Gasteiger partial charge in [0.1, 0.15) is 23.3 Å². The van der Waals surface area contributed by atoms with Gasteiger partial charge in [-0.2, -0.15) is 0 Å². The molecule has 0 nitrogen and oxygen atoms in total. The van der Waals surface area contributed by atoms with Gasteiger partial charge in [0.15, 0.2) is 0 Å². The molecule has 0 aliphatic rings. The van der Waals surface area contributed by atoms with Crippen LogP contribution in [0.3, 0.4) is 0 Å². The number of allylic oxidation sites excluding steroid dienone is 5. The molecule has 1 aromatic carbocycles. The maximum Gasteiger partial charge on any atom is 0.131 e. The molecule has 0 unspecified atom stereocenters. The lowest BCUT2D eigenvalue weighted by Crippen LogP contribution is -1.84. The molecule has 0 aliphatic carbocycles. The van der Waals surface area contributed by atoms with Crippen molar-refractivity contribution >= 4 is 0 Å². The van der Waals surface area contributed by atoms with Crippen LogP contribution in [0.5, 0.6) is 0 Å². The van der Waals surface area contributed by atoms with E-state index in [0.29, 0.717) is 5.56 Å². The Morgan fingerprint density at radius 1 is 1.15 bits per heavy atom. The minimum Gasteiger partial charge on any atom is -0.207 e. The van der Waals surface area contributed by atoms with Gasteiger partial charge in [0.05, 0.1) is 0 Å². The van der Waals surface area contributed by atoms with Crippen molar-refractivity contribution in [2.24, 2.45) is 0 Å². The molecule has 20 heavy (non-hydrogen) atoms. The molecule has 0 bridgehead atoms. The maximum absolute atomic E-state index is 12.9. The first-order valence-corrected chi connectivity index (χ1v) is 5.96. The predicted octanol–water partition coefficient (Wildman–Crippen LogP) is 5.95. The van der Waals surface area contributed by atoms with Crippen molar-refractivity contribution in [3.63, 3.8) is 0 Å². The first-order chi connectivity index (χ1) is 9.20. The second-order valence-corrected chi connectivity index (χ2v) is 4.25. The molecule has 0 amide bonds. The number of hydrogen-bond donors (Lipinski definition) is 0. The highest BCUT2D eigenvalue weighted by atomic mass is 19.1. The fourth-order valence-corrected chi connectivity index (χ4v) is 1.21. The fraction of sp³-hybridized carbons (Fsp3) is 0.250. The molecule has 0 radical (unpaired) electrons. The van der Waals surface area contributed by atoms with Gasteiger partial charge in [-0.15, -0.1) is 0 Å². The Kier molecular flexibility index (Phi) is 7.59. The van der Waals surface area contributed by atoms with Crippen LogP contribution in [0.25, 0.3) is 0 Å². The van der Waals surface area contributed by atoms with Crippen LogP contribution in [-0.2, 0) is 0 Å². The molecular weight excluding hydrogens is 268 g/mol. The summed E-state index contributed by atoms with van der Waals surface area (Å²) in [4.78, 5) is 0. The van der Waals surface area contributed by atoms with Gasteiger partial charge >= 0.3 is 0 Å². The van der Waals surface area contributed by atoms with E-state index in [0.717, 1.165) is 6.07 Å². The zero-order valence-electron chi connectivity index (χ0n) is 12.0. The lowest BCUT2D eigenvalue weighted by atomic mass is 10.1. The second-order valence-electron chi connectivity index (χ2n) is 4.25. The molecule has 110 valence electrons. The Labute approximate surface area is 117 Å². The van der Waals surface area contributed by atoms with Crippen LogP contribution in [-0.4, -0.2) is 0 Å². The normalized spacial score (nSPS) is 12.3. The largest absolute Gasteiger partial charge is 0.207 e. The van der Waals surface area contributed by atoms with Gasteiger partial charge in [-0.3, -0.25) is 0 Å². The topological polar surface area (TPSA) is 0 Å². The third kappa shape index (κ3) is 5.87. The van der Waals surface area contributed by atoms with Crippen LogP contribution in [0.15, 0.2) is 53.7 Å². The van der Waals surface area contributed by atoms with Gasteiger partial charge in [0.2, 0.25) is 0 Å². The molecule has 0 spiro atoms. The summed E-state index contributed by atoms with van der Waals surface area (Å²) in [5, 5.41) is 0. The molecule has 0 fully saturated rings. The second kappa shape index (κ2) is 8.35. The molecular formula is C16H18F4. The first-order valence-electron chi connectivity index (χ1n) is 5.96. The molecule has 0 N–H and O–H groups in total. The van der Waals surface area contributed by atoms with Gasteiger partial charge in [0.25, 0.3) is 0 Å². The minimum absolute atomic E-state index is 0.0139. The molecule has 0 atom stereocenters. The fourth-order valence-electron chi connectivity index (χ4n) is 1.21. The SMILES string of the molecule is C=C(C)/C(F)=C(C)\C(F)=C/C.Cc1ccc(F)cc1F. The number of hydrogen-bond acceptors (Lipinski definition) is 0. The zero-order chi connectivity index (χ0) is 15.9. The third-order valence-electron chi connectivity index (χ3n) is 2.45. The lowest BCUT2D eigenvalue weighted by molar-refractivity contribution is 0.577. The van der Waals surface area contributed by atoms with Crippen LogP contribution >= 0.6 is 0 Å². The van der Waals surface area contributed by atoms with E-state index < -0.39 is 23.3 Å². The number of halogens is 4. The van der Waals surface area contributed by atoms with E-state index >= 15 is 0 Å². The van der Waals surface area contributed by atoms with Crippen LogP contribution < -0.4 is 0 Å². The van der Waals surface area contributed by atoms with E-state index in [1.54, 1.807) is 6.92 Å². The van der Waals surface area contributed by atoms with Gasteiger partial charge in [-0.25, -0.2) is 17.6 Å². The Balaban J connectivity index is 0.000000367. The quantitative estimate of drug-likeness (QED) is 0.465. The van der Waals surface area contributed by atoms with Crippen LogP contribution in [0.4, 0.5) is 17.6 Å². The lowest BCUT2D eigenvalue weighted by Gasteiger charge is -1.99. The summed E-state index contributed by atoms with van der Waals surface area (Å²) in [5.41, 5.74) is 0.732. The Morgan fingerprint density at radius 3 is 2.05 bits per heavy atom. The van der Waals surface area contributed by atoms with E-state index in [-0.39, 0.29) is 11.1 Å². The standard InChI is InChI=1S/C9H12F2.C7H6F2/c1-5-8(10)7(4)9(11)6(2)3;1-5-2-3-6(8)4-7(5)9/h5H,2H2,1,3-4H3;2-4H,1H3/b8-5+,9-7+;. The first kappa shape index (κ1) is 18.2. The molecule has 0 heterocycles. The third-order valence-corrected chi connectivity index (χ3v) is 2.45. The highest BCUT2D eigenvalue weighted by Crippen LogP contribution is 2.21. The monoisotopic (exact) mass is 286 g/mol. The van der Waals surface area contributed by atoms with Gasteiger partial charge in [0, 0.05) is 11.6 Å². The molecule has 0 saturated carbocycles. The Bertz CT molecular complexity index is 539.